The lowest BCUT2D eigenvalue weighted by Gasteiger charge is -2.06. The lowest BCUT2D eigenvalue weighted by atomic mass is 10.1. The number of rotatable bonds is 5. The third-order valence-electron chi connectivity index (χ3n) is 3.39. The second-order valence-electron chi connectivity index (χ2n) is 4.75. The van der Waals surface area contributed by atoms with E-state index in [1.807, 2.05) is 19.1 Å². The van der Waals surface area contributed by atoms with Gasteiger partial charge in [0.15, 0.2) is 5.69 Å². The minimum Gasteiger partial charge on any atom is -0.395 e. The molecule has 0 fully saturated rings. The average Bonchev–Trinajstić information content (AvgIpc) is 2.82. The van der Waals surface area contributed by atoms with Gasteiger partial charge in [0.05, 0.1) is 11.4 Å². The van der Waals surface area contributed by atoms with Crippen molar-refractivity contribution in [2.45, 2.75) is 26.7 Å². The number of nitrogens with one attached hydrogen (secondary N) is 2. The van der Waals surface area contributed by atoms with Crippen molar-refractivity contribution in [2.75, 3.05) is 12.3 Å². The monoisotopic (exact) mass is 272 g/mol. The van der Waals surface area contributed by atoms with Gasteiger partial charge in [-0.2, -0.15) is 5.10 Å². The van der Waals surface area contributed by atoms with Crippen molar-refractivity contribution in [1.29, 1.82) is 0 Å². The molecule has 2 aromatic rings. The molecular weight excluding hydrogens is 252 g/mol. The highest BCUT2D eigenvalue weighted by molar-refractivity contribution is 5.97. The fraction of sp³-hybridized carbons (Fsp3) is 0.333. The van der Waals surface area contributed by atoms with E-state index in [0.717, 1.165) is 18.5 Å². The molecule has 0 aliphatic rings. The lowest BCUT2D eigenvalue weighted by molar-refractivity contribution is 0.0950. The summed E-state index contributed by atoms with van der Waals surface area (Å²) in [5.41, 5.74) is 9.86. The summed E-state index contributed by atoms with van der Waals surface area (Å²) in [5.74, 6) is -0.230. The zero-order valence-electron chi connectivity index (χ0n) is 11.9. The first-order valence-corrected chi connectivity index (χ1v) is 6.79. The van der Waals surface area contributed by atoms with Crippen molar-refractivity contribution in [2.24, 2.45) is 0 Å². The van der Waals surface area contributed by atoms with Crippen LogP contribution in [0.2, 0.25) is 0 Å². The van der Waals surface area contributed by atoms with Crippen LogP contribution in [0.3, 0.4) is 0 Å². The topological polar surface area (TPSA) is 83.8 Å². The van der Waals surface area contributed by atoms with Gasteiger partial charge in [-0.05, 0) is 30.9 Å². The SMILES string of the molecule is CCc1[nH]nc(C(=O)NCCc2ccccc2C)c1N. The first kappa shape index (κ1) is 14.1. The van der Waals surface area contributed by atoms with Crippen LogP contribution in [0.5, 0.6) is 0 Å². The summed E-state index contributed by atoms with van der Waals surface area (Å²) in [5, 5.41) is 9.61. The number of carbonyl (C=O) groups is 1. The van der Waals surface area contributed by atoms with Crippen LogP contribution in [0.25, 0.3) is 0 Å². The van der Waals surface area contributed by atoms with Crippen molar-refractivity contribution in [1.82, 2.24) is 15.5 Å². The molecule has 0 atom stereocenters. The number of H-pyrrole nitrogens is 1. The highest BCUT2D eigenvalue weighted by Crippen LogP contribution is 2.14. The summed E-state index contributed by atoms with van der Waals surface area (Å²) >= 11 is 0. The normalized spacial score (nSPS) is 10.5. The number of amides is 1. The van der Waals surface area contributed by atoms with Gasteiger partial charge in [0.25, 0.3) is 5.91 Å². The lowest BCUT2D eigenvalue weighted by Crippen LogP contribution is -2.27. The van der Waals surface area contributed by atoms with Crippen LogP contribution in [0.1, 0.15) is 34.2 Å². The van der Waals surface area contributed by atoms with E-state index in [4.69, 9.17) is 5.73 Å². The number of anilines is 1. The molecule has 20 heavy (non-hydrogen) atoms. The Kier molecular flexibility index (Phi) is 4.40. The van der Waals surface area contributed by atoms with Crippen LogP contribution in [-0.4, -0.2) is 22.6 Å². The quantitative estimate of drug-likeness (QED) is 0.776. The molecule has 0 bridgehead atoms. The van der Waals surface area contributed by atoms with E-state index in [9.17, 15) is 4.79 Å². The largest absolute Gasteiger partial charge is 0.395 e. The maximum atomic E-state index is 12.0. The van der Waals surface area contributed by atoms with E-state index >= 15 is 0 Å². The maximum absolute atomic E-state index is 12.0. The van der Waals surface area contributed by atoms with Crippen molar-refractivity contribution in [3.63, 3.8) is 0 Å². The van der Waals surface area contributed by atoms with Crippen LogP contribution in [-0.2, 0) is 12.8 Å². The molecule has 4 N–H and O–H groups in total. The summed E-state index contributed by atoms with van der Waals surface area (Å²) in [4.78, 5) is 12.0. The van der Waals surface area contributed by atoms with Crippen LogP contribution >= 0.6 is 0 Å². The predicted octanol–water partition coefficient (Wildman–Crippen LogP) is 1.84. The Morgan fingerprint density at radius 3 is 2.80 bits per heavy atom. The second-order valence-corrected chi connectivity index (χ2v) is 4.75. The Bertz CT molecular complexity index is 604. The van der Waals surface area contributed by atoms with E-state index in [0.29, 0.717) is 12.2 Å². The Balaban J connectivity index is 1.92. The van der Waals surface area contributed by atoms with Gasteiger partial charge in [-0.3, -0.25) is 9.89 Å². The van der Waals surface area contributed by atoms with E-state index in [1.165, 1.54) is 11.1 Å². The second kappa shape index (κ2) is 6.23. The molecular formula is C15H20N4O. The number of hydrogen-bond acceptors (Lipinski definition) is 3. The average molecular weight is 272 g/mol. The molecule has 5 nitrogen and oxygen atoms in total. The van der Waals surface area contributed by atoms with Crippen molar-refractivity contribution >= 4 is 11.6 Å². The summed E-state index contributed by atoms with van der Waals surface area (Å²) < 4.78 is 0. The minimum absolute atomic E-state index is 0.230. The number of nitrogens with zero attached hydrogens (tertiary/aromatic N) is 1. The molecule has 1 amide bonds. The van der Waals surface area contributed by atoms with E-state index in [2.05, 4.69) is 34.6 Å². The number of aromatic nitrogens is 2. The minimum atomic E-state index is -0.230. The van der Waals surface area contributed by atoms with Crippen molar-refractivity contribution in [3.05, 3.63) is 46.8 Å². The number of carbonyl (C=O) groups excluding carboxylic acids is 1. The number of hydrogen-bond donors (Lipinski definition) is 3. The van der Waals surface area contributed by atoms with E-state index in [1.54, 1.807) is 0 Å². The number of benzene rings is 1. The zero-order chi connectivity index (χ0) is 14.5. The fourth-order valence-corrected chi connectivity index (χ4v) is 2.11. The summed E-state index contributed by atoms with van der Waals surface area (Å²) in [6, 6.07) is 8.15. The van der Waals surface area contributed by atoms with Gasteiger partial charge in [0.2, 0.25) is 0 Å². The summed E-state index contributed by atoms with van der Waals surface area (Å²) in [6.45, 7) is 4.59. The van der Waals surface area contributed by atoms with Crippen LogP contribution in [0.4, 0.5) is 5.69 Å². The van der Waals surface area contributed by atoms with Crippen LogP contribution < -0.4 is 11.1 Å². The van der Waals surface area contributed by atoms with Crippen LogP contribution in [0.15, 0.2) is 24.3 Å². The first-order chi connectivity index (χ1) is 9.63. The predicted molar refractivity (Wildman–Crippen MR) is 79.6 cm³/mol. The van der Waals surface area contributed by atoms with Gasteiger partial charge in [-0.25, -0.2) is 0 Å². The molecule has 0 saturated carbocycles. The molecule has 106 valence electrons. The van der Waals surface area contributed by atoms with Gasteiger partial charge < -0.3 is 11.1 Å². The molecule has 1 heterocycles. The van der Waals surface area contributed by atoms with E-state index < -0.39 is 0 Å². The maximum Gasteiger partial charge on any atom is 0.273 e. The summed E-state index contributed by atoms with van der Waals surface area (Å²) in [7, 11) is 0. The van der Waals surface area contributed by atoms with Gasteiger partial charge >= 0.3 is 0 Å². The molecule has 0 aliphatic heterocycles. The molecule has 1 aromatic carbocycles. The van der Waals surface area contributed by atoms with E-state index in [-0.39, 0.29) is 11.6 Å². The van der Waals surface area contributed by atoms with Crippen molar-refractivity contribution < 1.29 is 4.79 Å². The Hall–Kier alpha value is -2.30. The molecule has 0 spiro atoms. The number of nitrogen functional groups attached to an aromatic ring is 1. The molecule has 2 rings (SSSR count). The first-order valence-electron chi connectivity index (χ1n) is 6.79. The van der Waals surface area contributed by atoms with Crippen molar-refractivity contribution in [3.8, 4) is 0 Å². The molecule has 0 radical (unpaired) electrons. The number of nitrogens with two attached hydrogens (primary N) is 1. The fourth-order valence-electron chi connectivity index (χ4n) is 2.11. The molecule has 0 aliphatic carbocycles. The number of aromatic amines is 1. The highest BCUT2D eigenvalue weighted by atomic mass is 16.1. The van der Waals surface area contributed by atoms with Crippen LogP contribution in [0, 0.1) is 6.92 Å². The molecule has 5 heteroatoms. The molecule has 0 unspecified atom stereocenters. The van der Waals surface area contributed by atoms with Gasteiger partial charge in [0.1, 0.15) is 0 Å². The molecule has 1 aromatic heterocycles. The van der Waals surface area contributed by atoms with Gasteiger partial charge in [0, 0.05) is 6.54 Å². The highest BCUT2D eigenvalue weighted by Gasteiger charge is 2.15. The smallest absolute Gasteiger partial charge is 0.273 e. The zero-order valence-corrected chi connectivity index (χ0v) is 11.9. The van der Waals surface area contributed by atoms with Gasteiger partial charge in [-0.1, -0.05) is 31.2 Å². The Morgan fingerprint density at radius 1 is 1.40 bits per heavy atom. The third kappa shape index (κ3) is 2.99. The Morgan fingerprint density at radius 2 is 2.15 bits per heavy atom. The number of aryl methyl sites for hydroxylation is 2. The Labute approximate surface area is 118 Å². The summed E-state index contributed by atoms with van der Waals surface area (Å²) in [6.07, 6.45) is 1.53. The standard InChI is InChI=1S/C15H20N4O/c1-3-12-13(16)14(19-18-12)15(20)17-9-8-11-7-5-4-6-10(11)2/h4-7H,3,8-9,16H2,1-2H3,(H,17,20)(H,18,19). The third-order valence-corrected chi connectivity index (χ3v) is 3.39. The van der Waals surface area contributed by atoms with Gasteiger partial charge in [-0.15, -0.1) is 0 Å². The molecule has 0 saturated heterocycles.